The predicted octanol–water partition coefficient (Wildman–Crippen LogP) is 3.52. The monoisotopic (exact) mass is 473 g/mol. The largest absolute Gasteiger partial charge is 0.379 e. The van der Waals surface area contributed by atoms with Crippen molar-refractivity contribution in [3.05, 3.63) is 51.7 Å². The lowest BCUT2D eigenvalue weighted by molar-refractivity contribution is 0.0455. The van der Waals surface area contributed by atoms with Gasteiger partial charge in [-0.3, -0.25) is 14.7 Å². The molecule has 3 heterocycles. The van der Waals surface area contributed by atoms with Gasteiger partial charge in [0.15, 0.2) is 0 Å². The number of hydrogen-bond acceptors (Lipinski definition) is 4. The minimum absolute atomic E-state index is 0.00518. The first-order valence-corrected chi connectivity index (χ1v) is 11.4. The number of H-pyrrole nitrogens is 2. The third-order valence-electron chi connectivity index (χ3n) is 6.73. The maximum absolute atomic E-state index is 13.8. The van der Waals surface area contributed by atoms with Crippen molar-refractivity contribution in [2.24, 2.45) is 0 Å². The van der Waals surface area contributed by atoms with Crippen molar-refractivity contribution in [1.82, 2.24) is 25.0 Å². The molecular formula is C23H25ClFN5O3. The first-order chi connectivity index (χ1) is 15.8. The molecule has 0 spiro atoms. The zero-order chi connectivity index (χ0) is 23.3. The summed E-state index contributed by atoms with van der Waals surface area (Å²) < 4.78 is 19.4. The number of hydrogen-bond donors (Lipinski definition) is 2. The van der Waals surface area contributed by atoms with E-state index < -0.39 is 5.82 Å². The Labute approximate surface area is 195 Å². The van der Waals surface area contributed by atoms with Gasteiger partial charge in [-0.05, 0) is 38.0 Å². The minimum atomic E-state index is -0.534. The summed E-state index contributed by atoms with van der Waals surface area (Å²) in [6, 6.07) is 4.39. The average molecular weight is 474 g/mol. The number of nitrogens with one attached hydrogen (secondary N) is 2. The third kappa shape index (κ3) is 3.79. The fraction of sp³-hybridized carbons (Fsp3) is 0.435. The van der Waals surface area contributed by atoms with Crippen LogP contribution in [0.4, 0.5) is 4.39 Å². The van der Waals surface area contributed by atoms with Crippen LogP contribution >= 0.6 is 11.6 Å². The summed E-state index contributed by atoms with van der Waals surface area (Å²) in [6.07, 6.45) is 2.35. The van der Waals surface area contributed by atoms with Gasteiger partial charge in [0.1, 0.15) is 17.2 Å². The smallest absolute Gasteiger partial charge is 0.272 e. The van der Waals surface area contributed by atoms with Crippen LogP contribution in [0, 0.1) is 5.82 Å². The summed E-state index contributed by atoms with van der Waals surface area (Å²) in [6.45, 7) is 3.79. The van der Waals surface area contributed by atoms with Crippen molar-refractivity contribution in [2.75, 3.05) is 26.8 Å². The van der Waals surface area contributed by atoms with E-state index in [0.29, 0.717) is 48.5 Å². The molecule has 33 heavy (non-hydrogen) atoms. The fourth-order valence-corrected chi connectivity index (χ4v) is 4.61. The van der Waals surface area contributed by atoms with Crippen LogP contribution < -0.4 is 0 Å². The Hall–Kier alpha value is -2.91. The van der Waals surface area contributed by atoms with Crippen molar-refractivity contribution in [3.8, 4) is 0 Å². The molecule has 1 fully saturated rings. The Bertz CT molecular complexity index is 1210. The quantitative estimate of drug-likeness (QED) is 0.572. The molecule has 3 aromatic rings. The number of carbonyl (C=O) groups is 2. The normalized spacial score (nSPS) is 16.7. The van der Waals surface area contributed by atoms with E-state index in [2.05, 4.69) is 15.2 Å². The Balaban J connectivity index is 1.36. The van der Waals surface area contributed by atoms with E-state index in [1.54, 1.807) is 22.9 Å². The van der Waals surface area contributed by atoms with Gasteiger partial charge < -0.3 is 19.5 Å². The number of halogens is 2. The highest BCUT2D eigenvalue weighted by molar-refractivity contribution is 6.31. The first kappa shape index (κ1) is 21.9. The number of aromatic amines is 2. The molecule has 5 rings (SSSR count). The minimum Gasteiger partial charge on any atom is -0.379 e. The molecule has 0 saturated heterocycles. The Kier molecular flexibility index (Phi) is 5.41. The highest BCUT2D eigenvalue weighted by Gasteiger charge is 2.49. The molecule has 1 aliphatic carbocycles. The highest BCUT2D eigenvalue weighted by atomic mass is 35.5. The van der Waals surface area contributed by atoms with Gasteiger partial charge in [0, 0.05) is 43.1 Å². The van der Waals surface area contributed by atoms with E-state index in [0.717, 1.165) is 24.1 Å². The second kappa shape index (κ2) is 8.14. The number of ether oxygens (including phenoxy) is 1. The van der Waals surface area contributed by atoms with Crippen molar-refractivity contribution in [1.29, 1.82) is 0 Å². The number of aromatic nitrogens is 3. The summed E-state index contributed by atoms with van der Waals surface area (Å²) in [4.78, 5) is 32.9. The van der Waals surface area contributed by atoms with Crippen LogP contribution in [0.1, 0.15) is 52.0 Å². The van der Waals surface area contributed by atoms with Gasteiger partial charge in [-0.15, -0.1) is 0 Å². The second-order valence-corrected chi connectivity index (χ2v) is 9.17. The van der Waals surface area contributed by atoms with E-state index in [9.17, 15) is 14.0 Å². The van der Waals surface area contributed by atoms with Gasteiger partial charge in [-0.2, -0.15) is 5.10 Å². The molecule has 2 amide bonds. The summed E-state index contributed by atoms with van der Waals surface area (Å²) in [5.74, 6) is -0.907. The molecule has 1 aliphatic heterocycles. The summed E-state index contributed by atoms with van der Waals surface area (Å²) in [5, 5.41) is 7.81. The molecule has 2 N–H and O–H groups in total. The maximum atomic E-state index is 13.8. The SMILES string of the molecule is CCOCC1(N(C)C(=O)c2[nH]nc3c2CN(C(=O)c2cc4cc(F)c(Cl)cc4[nH]2)CC3)CC1. The van der Waals surface area contributed by atoms with Gasteiger partial charge >= 0.3 is 0 Å². The number of fused-ring (bicyclic) bond motifs is 2. The molecule has 2 aliphatic rings. The standard InChI is InChI=1S/C23H25ClFN5O3/c1-3-33-12-23(5-6-23)29(2)22(32)20-14-11-30(7-4-17(14)27-28-20)21(31)19-9-13-8-16(25)15(24)10-18(13)26-19/h8-10,26H,3-7,11-12H2,1-2H3,(H,27,28). The van der Waals surface area contributed by atoms with Gasteiger partial charge in [-0.25, -0.2) is 4.39 Å². The van der Waals surface area contributed by atoms with E-state index in [1.165, 1.54) is 12.1 Å². The van der Waals surface area contributed by atoms with E-state index in [-0.39, 0.29) is 28.9 Å². The number of rotatable bonds is 6. The Morgan fingerprint density at radius 1 is 1.33 bits per heavy atom. The number of amides is 2. The Morgan fingerprint density at radius 3 is 2.85 bits per heavy atom. The summed E-state index contributed by atoms with van der Waals surface area (Å²) >= 11 is 5.86. The number of likely N-dealkylation sites (N-methyl/N-ethyl adjacent to an activating group) is 1. The van der Waals surface area contributed by atoms with Crippen LogP contribution in [0.15, 0.2) is 18.2 Å². The topological polar surface area (TPSA) is 94.3 Å². The van der Waals surface area contributed by atoms with Crippen molar-refractivity contribution in [2.45, 2.75) is 38.3 Å². The molecule has 1 aromatic carbocycles. The number of carbonyl (C=O) groups excluding carboxylic acids is 2. The van der Waals surface area contributed by atoms with Gasteiger partial charge in [-0.1, -0.05) is 11.6 Å². The van der Waals surface area contributed by atoms with Crippen molar-refractivity contribution >= 4 is 34.3 Å². The lowest BCUT2D eigenvalue weighted by Crippen LogP contribution is -2.43. The molecule has 0 unspecified atom stereocenters. The second-order valence-electron chi connectivity index (χ2n) is 8.76. The van der Waals surface area contributed by atoms with Crippen LogP contribution in [-0.2, 0) is 17.7 Å². The predicted molar refractivity (Wildman–Crippen MR) is 121 cm³/mol. The lowest BCUT2D eigenvalue weighted by atomic mass is 10.0. The van der Waals surface area contributed by atoms with E-state index in [1.807, 2.05) is 6.92 Å². The highest BCUT2D eigenvalue weighted by Crippen LogP contribution is 2.42. The van der Waals surface area contributed by atoms with Crippen LogP contribution in [0.3, 0.4) is 0 Å². The molecule has 0 bridgehead atoms. The average Bonchev–Trinajstić information content (AvgIpc) is 3.31. The van der Waals surface area contributed by atoms with Gasteiger partial charge in [0.05, 0.1) is 29.4 Å². The maximum Gasteiger partial charge on any atom is 0.272 e. The molecule has 0 atom stereocenters. The van der Waals surface area contributed by atoms with Gasteiger partial charge in [0.25, 0.3) is 11.8 Å². The Morgan fingerprint density at radius 2 is 2.12 bits per heavy atom. The first-order valence-electron chi connectivity index (χ1n) is 11.0. The number of nitrogens with zero attached hydrogens (tertiary/aromatic N) is 3. The fourth-order valence-electron chi connectivity index (χ4n) is 4.45. The number of benzene rings is 1. The summed E-state index contributed by atoms with van der Waals surface area (Å²) in [7, 11) is 1.79. The van der Waals surface area contributed by atoms with Gasteiger partial charge in [0.2, 0.25) is 0 Å². The van der Waals surface area contributed by atoms with Crippen LogP contribution in [0.2, 0.25) is 5.02 Å². The van der Waals surface area contributed by atoms with E-state index >= 15 is 0 Å². The molecule has 0 radical (unpaired) electrons. The van der Waals surface area contributed by atoms with Crippen LogP contribution in [0.5, 0.6) is 0 Å². The summed E-state index contributed by atoms with van der Waals surface area (Å²) in [5.41, 5.74) is 2.62. The van der Waals surface area contributed by atoms with Crippen LogP contribution in [-0.4, -0.2) is 69.1 Å². The molecule has 1 saturated carbocycles. The molecular weight excluding hydrogens is 449 g/mol. The van der Waals surface area contributed by atoms with Crippen molar-refractivity contribution < 1.29 is 18.7 Å². The molecule has 10 heteroatoms. The molecule has 8 nitrogen and oxygen atoms in total. The zero-order valence-electron chi connectivity index (χ0n) is 18.5. The third-order valence-corrected chi connectivity index (χ3v) is 7.02. The lowest BCUT2D eigenvalue weighted by Gasteiger charge is -2.29. The molecule has 174 valence electrons. The zero-order valence-corrected chi connectivity index (χ0v) is 19.3. The van der Waals surface area contributed by atoms with Crippen LogP contribution in [0.25, 0.3) is 10.9 Å². The van der Waals surface area contributed by atoms with Crippen molar-refractivity contribution in [3.63, 3.8) is 0 Å². The van der Waals surface area contributed by atoms with E-state index in [4.69, 9.17) is 16.3 Å². The molecule has 2 aromatic heterocycles.